The Hall–Kier alpha value is -2.01. The van der Waals surface area contributed by atoms with E-state index in [1.165, 1.54) is 11.3 Å². The largest absolute Gasteiger partial charge is 0.368 e. The number of nitrogens with one attached hydrogen (secondary N) is 1. The maximum absolute atomic E-state index is 12.5. The Morgan fingerprint density at radius 3 is 2.46 bits per heavy atom. The minimum absolute atomic E-state index is 0.0177. The first-order valence-corrected chi connectivity index (χ1v) is 8.96. The van der Waals surface area contributed by atoms with E-state index >= 15 is 0 Å². The number of rotatable bonds is 2. The molecule has 0 spiro atoms. The van der Waals surface area contributed by atoms with Crippen LogP contribution in [0.5, 0.6) is 0 Å². The Morgan fingerprint density at radius 2 is 1.79 bits per heavy atom. The fourth-order valence-corrected chi connectivity index (χ4v) is 3.38. The van der Waals surface area contributed by atoms with Gasteiger partial charge in [-0.25, -0.2) is 4.79 Å². The van der Waals surface area contributed by atoms with E-state index in [1.54, 1.807) is 0 Å². The summed E-state index contributed by atoms with van der Waals surface area (Å²) >= 11 is 3.51. The molecule has 0 saturated carbocycles. The van der Waals surface area contributed by atoms with Gasteiger partial charge >= 0.3 is 6.03 Å². The van der Waals surface area contributed by atoms with Crippen molar-refractivity contribution in [3.05, 3.63) is 58.1 Å². The number of amides is 2. The Labute approximate surface area is 151 Å². The average Bonchev–Trinajstić information content (AvgIpc) is 2.57. The highest BCUT2D eigenvalue weighted by atomic mass is 79.9. The number of carbonyl (C=O) groups excluding carboxylic acids is 1. The van der Waals surface area contributed by atoms with Crippen molar-refractivity contribution in [1.82, 2.24) is 4.90 Å². The number of benzene rings is 2. The summed E-state index contributed by atoms with van der Waals surface area (Å²) in [7, 11) is 0. The molecule has 2 aromatic rings. The normalized spacial score (nSPS) is 14.6. The van der Waals surface area contributed by atoms with Gasteiger partial charge < -0.3 is 15.1 Å². The molecular formula is C19H22BrN3O. The summed E-state index contributed by atoms with van der Waals surface area (Å²) in [5, 5.41) is 3.03. The zero-order valence-corrected chi connectivity index (χ0v) is 15.6. The van der Waals surface area contributed by atoms with E-state index in [9.17, 15) is 4.79 Å². The second-order valence-electron chi connectivity index (χ2n) is 6.20. The van der Waals surface area contributed by atoms with Crippen molar-refractivity contribution >= 4 is 33.3 Å². The van der Waals surface area contributed by atoms with E-state index in [0.717, 1.165) is 41.9 Å². The highest BCUT2D eigenvalue weighted by Crippen LogP contribution is 2.22. The molecule has 1 saturated heterocycles. The maximum atomic E-state index is 12.5. The minimum atomic E-state index is -0.0177. The Morgan fingerprint density at radius 1 is 1.04 bits per heavy atom. The van der Waals surface area contributed by atoms with Crippen molar-refractivity contribution in [2.75, 3.05) is 36.4 Å². The fraction of sp³-hybridized carbons (Fsp3) is 0.316. The second-order valence-corrected chi connectivity index (χ2v) is 7.12. The molecule has 2 aromatic carbocycles. The van der Waals surface area contributed by atoms with Crippen LogP contribution in [-0.2, 0) is 0 Å². The minimum Gasteiger partial charge on any atom is -0.368 e. The number of hydrogen-bond donors (Lipinski definition) is 1. The molecule has 0 aromatic heterocycles. The maximum Gasteiger partial charge on any atom is 0.321 e. The first-order chi connectivity index (χ1) is 11.5. The lowest BCUT2D eigenvalue weighted by Crippen LogP contribution is -2.50. The van der Waals surface area contributed by atoms with E-state index in [2.05, 4.69) is 51.3 Å². The molecule has 24 heavy (non-hydrogen) atoms. The van der Waals surface area contributed by atoms with Gasteiger partial charge in [-0.15, -0.1) is 0 Å². The molecule has 1 N–H and O–H groups in total. The standard InChI is InChI=1S/C19H22BrN3O/c1-14-6-7-18(15(2)12-14)21-19(24)23-10-8-22(9-11-23)17-5-3-4-16(20)13-17/h3-7,12-13H,8-11H2,1-2H3,(H,21,24). The first kappa shape index (κ1) is 16.8. The first-order valence-electron chi connectivity index (χ1n) is 8.16. The lowest BCUT2D eigenvalue weighted by molar-refractivity contribution is 0.208. The number of carbonyl (C=O) groups is 1. The van der Waals surface area contributed by atoms with Crippen molar-refractivity contribution < 1.29 is 4.79 Å². The van der Waals surface area contributed by atoms with Gasteiger partial charge in [-0.05, 0) is 43.7 Å². The fourth-order valence-electron chi connectivity index (χ4n) is 2.99. The molecule has 3 rings (SSSR count). The third-order valence-corrected chi connectivity index (χ3v) is 4.86. The van der Waals surface area contributed by atoms with Crippen LogP contribution in [0, 0.1) is 13.8 Å². The van der Waals surface area contributed by atoms with Crippen LogP contribution in [0.1, 0.15) is 11.1 Å². The Bertz CT molecular complexity index is 739. The van der Waals surface area contributed by atoms with Crippen molar-refractivity contribution in [1.29, 1.82) is 0 Å². The predicted molar refractivity (Wildman–Crippen MR) is 103 cm³/mol. The van der Waals surface area contributed by atoms with Gasteiger partial charge in [0.15, 0.2) is 0 Å². The number of urea groups is 1. The van der Waals surface area contributed by atoms with Crippen molar-refractivity contribution in [3.63, 3.8) is 0 Å². The van der Waals surface area contributed by atoms with Crippen molar-refractivity contribution in [3.8, 4) is 0 Å². The molecule has 5 heteroatoms. The molecule has 1 fully saturated rings. The SMILES string of the molecule is Cc1ccc(NC(=O)N2CCN(c3cccc(Br)c3)CC2)c(C)c1. The van der Waals surface area contributed by atoms with Crippen LogP contribution in [0.4, 0.5) is 16.2 Å². The van der Waals surface area contributed by atoms with Crippen LogP contribution in [0.25, 0.3) is 0 Å². The number of piperazine rings is 1. The summed E-state index contributed by atoms with van der Waals surface area (Å²) in [6.45, 7) is 7.22. The summed E-state index contributed by atoms with van der Waals surface area (Å²) in [4.78, 5) is 16.7. The quantitative estimate of drug-likeness (QED) is 0.827. The van der Waals surface area contributed by atoms with Gasteiger partial charge in [-0.3, -0.25) is 0 Å². The predicted octanol–water partition coefficient (Wildman–Crippen LogP) is 4.42. The molecule has 1 aliphatic rings. The van der Waals surface area contributed by atoms with E-state index < -0.39 is 0 Å². The summed E-state index contributed by atoms with van der Waals surface area (Å²) in [5.41, 5.74) is 4.38. The molecule has 1 heterocycles. The lowest BCUT2D eigenvalue weighted by atomic mass is 10.1. The van der Waals surface area contributed by atoms with Gasteiger partial charge in [0.05, 0.1) is 0 Å². The van der Waals surface area contributed by atoms with E-state index in [1.807, 2.05) is 36.1 Å². The molecule has 126 valence electrons. The molecule has 0 atom stereocenters. The van der Waals surface area contributed by atoms with Crippen LogP contribution in [0.3, 0.4) is 0 Å². The number of hydrogen-bond acceptors (Lipinski definition) is 2. The summed E-state index contributed by atoms with van der Waals surface area (Å²) in [5.74, 6) is 0. The molecule has 0 aliphatic carbocycles. The number of anilines is 2. The smallest absolute Gasteiger partial charge is 0.321 e. The van der Waals surface area contributed by atoms with Crippen LogP contribution in [0.2, 0.25) is 0 Å². The zero-order chi connectivity index (χ0) is 17.1. The van der Waals surface area contributed by atoms with Crippen LogP contribution < -0.4 is 10.2 Å². The third-order valence-electron chi connectivity index (χ3n) is 4.36. The highest BCUT2D eigenvalue weighted by Gasteiger charge is 2.21. The van der Waals surface area contributed by atoms with Crippen LogP contribution >= 0.6 is 15.9 Å². The monoisotopic (exact) mass is 387 g/mol. The number of aryl methyl sites for hydroxylation is 2. The Kier molecular flexibility index (Phi) is 5.09. The number of nitrogens with zero attached hydrogens (tertiary/aromatic N) is 2. The van der Waals surface area contributed by atoms with E-state index in [0.29, 0.717) is 0 Å². The molecule has 0 radical (unpaired) electrons. The van der Waals surface area contributed by atoms with Crippen LogP contribution in [-0.4, -0.2) is 37.1 Å². The topological polar surface area (TPSA) is 35.6 Å². The second kappa shape index (κ2) is 7.26. The summed E-state index contributed by atoms with van der Waals surface area (Å²) in [6.07, 6.45) is 0. The van der Waals surface area contributed by atoms with Crippen molar-refractivity contribution in [2.24, 2.45) is 0 Å². The van der Waals surface area contributed by atoms with Gasteiger partial charge in [0.25, 0.3) is 0 Å². The summed E-state index contributed by atoms with van der Waals surface area (Å²) < 4.78 is 1.08. The highest BCUT2D eigenvalue weighted by molar-refractivity contribution is 9.10. The van der Waals surface area contributed by atoms with Gasteiger partial charge in [0.2, 0.25) is 0 Å². The average molecular weight is 388 g/mol. The molecule has 4 nitrogen and oxygen atoms in total. The van der Waals surface area contributed by atoms with Gasteiger partial charge in [0, 0.05) is 42.0 Å². The molecule has 2 amide bonds. The molecular weight excluding hydrogens is 366 g/mol. The van der Waals surface area contributed by atoms with Crippen molar-refractivity contribution in [2.45, 2.75) is 13.8 Å². The lowest BCUT2D eigenvalue weighted by Gasteiger charge is -2.36. The van der Waals surface area contributed by atoms with Gasteiger partial charge in [0.1, 0.15) is 0 Å². The van der Waals surface area contributed by atoms with E-state index in [-0.39, 0.29) is 6.03 Å². The number of halogens is 1. The van der Waals surface area contributed by atoms with Gasteiger partial charge in [-0.2, -0.15) is 0 Å². The molecule has 1 aliphatic heterocycles. The molecule has 0 unspecified atom stereocenters. The zero-order valence-electron chi connectivity index (χ0n) is 14.1. The molecule has 0 bridgehead atoms. The van der Waals surface area contributed by atoms with E-state index in [4.69, 9.17) is 0 Å². The Balaban J connectivity index is 1.59. The summed E-state index contributed by atoms with van der Waals surface area (Å²) in [6, 6.07) is 14.3. The third kappa shape index (κ3) is 3.90. The van der Waals surface area contributed by atoms with Crippen LogP contribution in [0.15, 0.2) is 46.9 Å². The van der Waals surface area contributed by atoms with Gasteiger partial charge in [-0.1, -0.05) is 39.7 Å².